The lowest BCUT2D eigenvalue weighted by Crippen LogP contribution is -2.37. The molecule has 29 heavy (non-hydrogen) atoms. The first kappa shape index (κ1) is 21.4. The molecule has 158 valence electrons. The highest BCUT2D eigenvalue weighted by atomic mass is 32.2. The van der Waals surface area contributed by atoms with E-state index < -0.39 is 21.8 Å². The van der Waals surface area contributed by atoms with Crippen molar-refractivity contribution >= 4 is 15.8 Å². The largest absolute Gasteiger partial charge is 0.494 e. The van der Waals surface area contributed by atoms with Gasteiger partial charge in [-0.2, -0.15) is 13.2 Å². The van der Waals surface area contributed by atoms with Crippen molar-refractivity contribution in [1.82, 2.24) is 9.71 Å². The third kappa shape index (κ3) is 4.99. The van der Waals surface area contributed by atoms with E-state index in [0.717, 1.165) is 17.8 Å². The molecule has 1 aliphatic rings. The summed E-state index contributed by atoms with van der Waals surface area (Å²) in [7, 11) is -3.73. The molecule has 0 saturated carbocycles. The molecule has 0 unspecified atom stereocenters. The highest BCUT2D eigenvalue weighted by molar-refractivity contribution is 7.89. The van der Waals surface area contributed by atoms with Crippen LogP contribution in [0.5, 0.6) is 5.75 Å². The van der Waals surface area contributed by atoms with Crippen LogP contribution in [0.3, 0.4) is 0 Å². The van der Waals surface area contributed by atoms with Crippen molar-refractivity contribution in [3.63, 3.8) is 0 Å². The SMILES string of the molecule is CCOc1ccc(S(=O)(=O)N[C@H]2CCN(c3ccc(C(F)(F)F)cn3)C2)cc1C. The van der Waals surface area contributed by atoms with Gasteiger partial charge in [0.1, 0.15) is 11.6 Å². The van der Waals surface area contributed by atoms with Crippen LogP contribution in [0.2, 0.25) is 0 Å². The summed E-state index contributed by atoms with van der Waals surface area (Å²) >= 11 is 0. The van der Waals surface area contributed by atoms with Crippen LogP contribution in [0.25, 0.3) is 0 Å². The van der Waals surface area contributed by atoms with E-state index in [4.69, 9.17) is 4.74 Å². The van der Waals surface area contributed by atoms with E-state index >= 15 is 0 Å². The molecule has 6 nitrogen and oxygen atoms in total. The lowest BCUT2D eigenvalue weighted by atomic mass is 10.2. The fourth-order valence-corrected chi connectivity index (χ4v) is 4.55. The zero-order valence-corrected chi connectivity index (χ0v) is 16.8. The van der Waals surface area contributed by atoms with Crippen molar-refractivity contribution in [2.24, 2.45) is 0 Å². The Hall–Kier alpha value is -2.33. The number of sulfonamides is 1. The fourth-order valence-electron chi connectivity index (χ4n) is 3.20. The molecule has 0 radical (unpaired) electrons. The Morgan fingerprint density at radius 1 is 1.28 bits per heavy atom. The predicted molar refractivity (Wildman–Crippen MR) is 103 cm³/mol. The highest BCUT2D eigenvalue weighted by Crippen LogP contribution is 2.30. The van der Waals surface area contributed by atoms with Gasteiger partial charge in [0, 0.05) is 25.3 Å². The average molecular weight is 429 g/mol. The molecule has 0 bridgehead atoms. The van der Waals surface area contributed by atoms with Crippen LogP contribution in [-0.2, 0) is 16.2 Å². The number of anilines is 1. The van der Waals surface area contributed by atoms with Gasteiger partial charge in [-0.1, -0.05) is 0 Å². The zero-order chi connectivity index (χ0) is 21.2. The minimum Gasteiger partial charge on any atom is -0.494 e. The molecule has 1 atom stereocenters. The molecule has 1 aliphatic heterocycles. The van der Waals surface area contributed by atoms with Crippen molar-refractivity contribution in [3.8, 4) is 5.75 Å². The van der Waals surface area contributed by atoms with Gasteiger partial charge in [0.15, 0.2) is 0 Å². The number of hydrogen-bond donors (Lipinski definition) is 1. The normalized spacial score (nSPS) is 17.6. The number of aryl methyl sites for hydroxylation is 1. The van der Waals surface area contributed by atoms with Crippen molar-refractivity contribution < 1.29 is 26.3 Å². The molecule has 2 aromatic rings. The van der Waals surface area contributed by atoms with Gasteiger partial charge < -0.3 is 9.64 Å². The molecule has 1 N–H and O–H groups in total. The Balaban J connectivity index is 1.66. The Morgan fingerprint density at radius 3 is 2.62 bits per heavy atom. The number of hydrogen-bond acceptors (Lipinski definition) is 5. The lowest BCUT2D eigenvalue weighted by molar-refractivity contribution is -0.137. The number of aromatic nitrogens is 1. The zero-order valence-electron chi connectivity index (χ0n) is 16.0. The maximum atomic E-state index is 12.7. The number of halogens is 3. The monoisotopic (exact) mass is 429 g/mol. The van der Waals surface area contributed by atoms with Gasteiger partial charge in [0.05, 0.1) is 17.1 Å². The van der Waals surface area contributed by atoms with Gasteiger partial charge in [-0.15, -0.1) is 0 Å². The number of alkyl halides is 3. The standard InChI is InChI=1S/C19H22F3N3O3S/c1-3-28-17-6-5-16(10-13(17)2)29(26,27)24-15-8-9-25(12-15)18-7-4-14(11-23-18)19(20,21)22/h4-7,10-11,15,24H,3,8-9,12H2,1-2H3/t15-/m0/s1. The van der Waals surface area contributed by atoms with Crippen molar-refractivity contribution in [2.75, 3.05) is 24.6 Å². The van der Waals surface area contributed by atoms with Crippen LogP contribution in [0.4, 0.5) is 19.0 Å². The lowest BCUT2D eigenvalue weighted by Gasteiger charge is -2.19. The summed E-state index contributed by atoms with van der Waals surface area (Å²) in [5.41, 5.74) is -0.0969. The number of benzene rings is 1. The second kappa shape index (κ2) is 8.19. The Kier molecular flexibility index (Phi) is 6.04. The molecule has 10 heteroatoms. The van der Waals surface area contributed by atoms with Crippen LogP contribution >= 0.6 is 0 Å². The van der Waals surface area contributed by atoms with Crippen LogP contribution < -0.4 is 14.4 Å². The Morgan fingerprint density at radius 2 is 2.03 bits per heavy atom. The van der Waals surface area contributed by atoms with E-state index in [9.17, 15) is 21.6 Å². The molecular formula is C19H22F3N3O3S. The minimum atomic E-state index is -4.44. The molecule has 0 aliphatic carbocycles. The first-order valence-electron chi connectivity index (χ1n) is 9.14. The summed E-state index contributed by atoms with van der Waals surface area (Å²) in [5, 5.41) is 0. The molecule has 1 aromatic heterocycles. The molecule has 0 amide bonds. The summed E-state index contributed by atoms with van der Waals surface area (Å²) in [6, 6.07) is 6.58. The van der Waals surface area contributed by atoms with E-state index in [0.29, 0.717) is 37.7 Å². The predicted octanol–water partition coefficient (Wildman–Crippen LogP) is 3.36. The Bertz CT molecular complexity index is 963. The number of nitrogens with one attached hydrogen (secondary N) is 1. The van der Waals surface area contributed by atoms with Crippen LogP contribution in [0.15, 0.2) is 41.4 Å². The number of nitrogens with zero attached hydrogens (tertiary/aromatic N) is 2. The van der Waals surface area contributed by atoms with Gasteiger partial charge in [-0.3, -0.25) is 0 Å². The molecule has 0 spiro atoms. The maximum Gasteiger partial charge on any atom is 0.417 e. The van der Waals surface area contributed by atoms with Gasteiger partial charge >= 0.3 is 6.18 Å². The molecule has 3 rings (SSSR count). The smallest absolute Gasteiger partial charge is 0.417 e. The van der Waals surface area contributed by atoms with Crippen LogP contribution in [-0.4, -0.2) is 39.1 Å². The first-order chi connectivity index (χ1) is 13.6. The van der Waals surface area contributed by atoms with Crippen molar-refractivity contribution in [2.45, 2.75) is 37.4 Å². The second-order valence-corrected chi connectivity index (χ2v) is 8.53. The Labute approximate surface area is 167 Å². The first-order valence-corrected chi connectivity index (χ1v) is 10.6. The average Bonchev–Trinajstić information content (AvgIpc) is 3.10. The van der Waals surface area contributed by atoms with E-state index in [1.807, 2.05) is 6.92 Å². The van der Waals surface area contributed by atoms with Gasteiger partial charge in [-0.25, -0.2) is 18.1 Å². The molecular weight excluding hydrogens is 407 g/mol. The molecule has 1 aromatic carbocycles. The maximum absolute atomic E-state index is 12.7. The van der Waals surface area contributed by atoms with E-state index in [1.165, 1.54) is 12.1 Å². The van der Waals surface area contributed by atoms with Crippen LogP contribution in [0, 0.1) is 6.92 Å². The van der Waals surface area contributed by atoms with E-state index in [2.05, 4.69) is 9.71 Å². The quantitative estimate of drug-likeness (QED) is 0.763. The summed E-state index contributed by atoms with van der Waals surface area (Å²) in [4.78, 5) is 5.77. The van der Waals surface area contributed by atoms with Gasteiger partial charge in [0.2, 0.25) is 10.0 Å². The summed E-state index contributed by atoms with van der Waals surface area (Å²) in [5.74, 6) is 1.02. The molecule has 2 heterocycles. The number of ether oxygens (including phenoxy) is 1. The number of pyridine rings is 1. The summed E-state index contributed by atoms with van der Waals surface area (Å²) < 4.78 is 71.5. The fraction of sp³-hybridized carbons (Fsp3) is 0.421. The van der Waals surface area contributed by atoms with Crippen molar-refractivity contribution in [3.05, 3.63) is 47.7 Å². The third-order valence-corrected chi connectivity index (χ3v) is 6.18. The topological polar surface area (TPSA) is 71.5 Å². The van der Waals surface area contributed by atoms with Gasteiger partial charge in [-0.05, 0) is 56.2 Å². The van der Waals surface area contributed by atoms with E-state index in [1.54, 1.807) is 24.0 Å². The summed E-state index contributed by atoms with van der Waals surface area (Å²) in [6.07, 6.45) is -3.13. The van der Waals surface area contributed by atoms with E-state index in [-0.39, 0.29) is 10.9 Å². The van der Waals surface area contributed by atoms with Crippen LogP contribution in [0.1, 0.15) is 24.5 Å². The second-order valence-electron chi connectivity index (χ2n) is 6.82. The molecule has 1 fully saturated rings. The number of rotatable bonds is 6. The highest BCUT2D eigenvalue weighted by Gasteiger charge is 2.32. The summed E-state index contributed by atoms with van der Waals surface area (Å²) in [6.45, 7) is 4.93. The van der Waals surface area contributed by atoms with Crippen molar-refractivity contribution in [1.29, 1.82) is 0 Å². The molecule has 1 saturated heterocycles. The van der Waals surface area contributed by atoms with Gasteiger partial charge in [0.25, 0.3) is 0 Å². The third-order valence-electron chi connectivity index (χ3n) is 4.67. The minimum absolute atomic E-state index is 0.143.